The lowest BCUT2D eigenvalue weighted by atomic mass is 10.0. The third-order valence-electron chi connectivity index (χ3n) is 4.36. The van der Waals surface area contributed by atoms with Gasteiger partial charge in [-0.15, -0.1) is 0 Å². The van der Waals surface area contributed by atoms with Gasteiger partial charge in [0.2, 0.25) is 16.9 Å². The maximum atomic E-state index is 12.8. The molecule has 0 N–H and O–H groups in total. The molecule has 0 radical (unpaired) electrons. The second-order valence-corrected chi connectivity index (χ2v) is 6.13. The van der Waals surface area contributed by atoms with Gasteiger partial charge in [0.05, 0.1) is 9.85 Å². The van der Waals surface area contributed by atoms with E-state index in [2.05, 4.69) is 0 Å². The third-order valence-corrected chi connectivity index (χ3v) is 4.36. The Bertz CT molecular complexity index is 1400. The van der Waals surface area contributed by atoms with Gasteiger partial charge in [-0.25, -0.2) is 9.59 Å². The van der Waals surface area contributed by atoms with Crippen molar-refractivity contribution in [2.75, 3.05) is 0 Å². The molecular weight excluding hydrogens is 400 g/mol. The third kappa shape index (κ3) is 2.90. The molecule has 2 heterocycles. The van der Waals surface area contributed by atoms with Gasteiger partial charge in [-0.3, -0.25) is 25.0 Å². The summed E-state index contributed by atoms with van der Waals surface area (Å²) in [5, 5.41) is 22.4. The molecule has 0 unspecified atom stereocenters. The molecule has 2 aromatic heterocycles. The van der Waals surface area contributed by atoms with Crippen LogP contribution in [0.15, 0.2) is 67.0 Å². The van der Waals surface area contributed by atoms with Crippen molar-refractivity contribution in [3.8, 4) is 0 Å². The normalized spacial score (nSPS) is 10.9. The number of ketones is 1. The highest BCUT2D eigenvalue weighted by atomic mass is 16.6. The average molecular weight is 408 g/mol. The van der Waals surface area contributed by atoms with Crippen LogP contribution in [0.2, 0.25) is 0 Å². The second kappa shape index (κ2) is 6.74. The number of non-ortho nitro benzene ring substituents is 2. The number of hydrogen-bond acceptors (Lipinski definition) is 9. The summed E-state index contributed by atoms with van der Waals surface area (Å²) >= 11 is 0. The Labute approximate surface area is 164 Å². The number of nitro benzene ring substituents is 2. The number of carbonyl (C=O) groups is 1. The van der Waals surface area contributed by atoms with E-state index < -0.39 is 49.4 Å². The van der Waals surface area contributed by atoms with Crippen molar-refractivity contribution in [2.45, 2.75) is 0 Å². The largest absolute Gasteiger partial charge is 0.415 e. The van der Waals surface area contributed by atoms with Gasteiger partial charge in [-0.2, -0.15) is 0 Å². The highest BCUT2D eigenvalue weighted by molar-refractivity contribution is 6.11. The predicted molar refractivity (Wildman–Crippen MR) is 102 cm³/mol. The van der Waals surface area contributed by atoms with Crippen molar-refractivity contribution >= 4 is 39.1 Å². The first kappa shape index (κ1) is 18.7. The minimum Gasteiger partial charge on any atom is -0.415 e. The van der Waals surface area contributed by atoms with E-state index in [4.69, 9.17) is 8.83 Å². The number of para-hydroxylation sites is 2. The highest BCUT2D eigenvalue weighted by Crippen LogP contribution is 2.27. The Kier molecular flexibility index (Phi) is 4.20. The zero-order valence-corrected chi connectivity index (χ0v) is 14.7. The number of nitro groups is 2. The van der Waals surface area contributed by atoms with Gasteiger partial charge in [-0.1, -0.05) is 24.3 Å². The zero-order valence-electron chi connectivity index (χ0n) is 14.7. The van der Waals surface area contributed by atoms with Crippen LogP contribution in [0.25, 0.3) is 21.9 Å². The Hall–Kier alpha value is -4.67. The Balaban J connectivity index is 1.91. The molecule has 0 aliphatic carbocycles. The number of nitrogens with zero attached hydrogens (tertiary/aromatic N) is 2. The van der Waals surface area contributed by atoms with E-state index in [1.165, 1.54) is 24.3 Å². The Morgan fingerprint density at radius 2 is 1.13 bits per heavy atom. The molecule has 0 spiro atoms. The fourth-order valence-electron chi connectivity index (χ4n) is 3.01. The van der Waals surface area contributed by atoms with Gasteiger partial charge in [0.25, 0.3) is 0 Å². The van der Waals surface area contributed by atoms with E-state index >= 15 is 0 Å². The molecule has 0 atom stereocenters. The molecular formula is C19H8N2O9. The van der Waals surface area contributed by atoms with Gasteiger partial charge in [-0.05, 0) is 12.1 Å². The van der Waals surface area contributed by atoms with Crippen LogP contribution in [0, 0.1) is 20.2 Å². The van der Waals surface area contributed by atoms with Crippen molar-refractivity contribution in [1.29, 1.82) is 0 Å². The van der Waals surface area contributed by atoms with Crippen molar-refractivity contribution < 1.29 is 23.5 Å². The quantitative estimate of drug-likeness (QED) is 0.214. The lowest BCUT2D eigenvalue weighted by Crippen LogP contribution is -2.21. The van der Waals surface area contributed by atoms with E-state index in [9.17, 15) is 34.6 Å². The summed E-state index contributed by atoms with van der Waals surface area (Å²) in [6.07, 6.45) is 0. The van der Waals surface area contributed by atoms with E-state index in [0.29, 0.717) is 0 Å². The number of carbonyl (C=O) groups excluding carboxylic acids is 1. The highest BCUT2D eigenvalue weighted by Gasteiger charge is 2.24. The molecule has 0 aliphatic heterocycles. The molecule has 30 heavy (non-hydrogen) atoms. The summed E-state index contributed by atoms with van der Waals surface area (Å²) in [5.74, 6) is -1.04. The first-order valence-electron chi connectivity index (χ1n) is 8.25. The zero-order chi connectivity index (χ0) is 21.6. The molecule has 0 saturated carbocycles. The second-order valence-electron chi connectivity index (χ2n) is 6.13. The average Bonchev–Trinajstić information content (AvgIpc) is 2.71. The monoisotopic (exact) mass is 408 g/mol. The minimum absolute atomic E-state index is 0.105. The SMILES string of the molecule is O=C(c1cc2cccc([N+](=O)[O-])c2oc1=O)c1cc2cccc([N+](=O)[O-])c2oc1=O. The number of fused-ring (bicyclic) bond motifs is 2. The molecule has 0 bridgehead atoms. The molecule has 0 saturated heterocycles. The summed E-state index contributed by atoms with van der Waals surface area (Å²) in [5.41, 5.74) is -4.99. The molecule has 11 heteroatoms. The molecule has 148 valence electrons. The van der Waals surface area contributed by atoms with Crippen LogP contribution in [-0.4, -0.2) is 15.6 Å². The van der Waals surface area contributed by atoms with Crippen molar-refractivity contribution in [2.24, 2.45) is 0 Å². The van der Waals surface area contributed by atoms with Gasteiger partial charge < -0.3 is 8.83 Å². The van der Waals surface area contributed by atoms with Gasteiger partial charge in [0.1, 0.15) is 11.1 Å². The van der Waals surface area contributed by atoms with E-state index in [1.54, 1.807) is 0 Å². The first-order chi connectivity index (χ1) is 14.3. The summed E-state index contributed by atoms with van der Waals surface area (Å²) in [7, 11) is 0. The Morgan fingerprint density at radius 1 is 0.733 bits per heavy atom. The molecule has 0 aliphatic rings. The maximum absolute atomic E-state index is 12.8. The van der Waals surface area contributed by atoms with Crippen LogP contribution in [0.1, 0.15) is 15.9 Å². The predicted octanol–water partition coefficient (Wildman–Crippen LogP) is 2.95. The van der Waals surface area contributed by atoms with E-state index in [0.717, 1.165) is 24.3 Å². The van der Waals surface area contributed by atoms with Crippen LogP contribution >= 0.6 is 0 Å². The van der Waals surface area contributed by atoms with E-state index in [-0.39, 0.29) is 21.9 Å². The lowest BCUT2D eigenvalue weighted by molar-refractivity contribution is -0.383. The van der Waals surface area contributed by atoms with Crippen LogP contribution in [0.3, 0.4) is 0 Å². The Morgan fingerprint density at radius 3 is 1.50 bits per heavy atom. The summed E-state index contributed by atoms with van der Waals surface area (Å²) in [6, 6.07) is 9.91. The van der Waals surface area contributed by atoms with Crippen molar-refractivity contribution in [1.82, 2.24) is 0 Å². The molecule has 0 fully saturated rings. The number of rotatable bonds is 4. The van der Waals surface area contributed by atoms with E-state index in [1.807, 2.05) is 0 Å². The maximum Gasteiger partial charge on any atom is 0.347 e. The smallest absolute Gasteiger partial charge is 0.347 e. The molecule has 4 rings (SSSR count). The van der Waals surface area contributed by atoms with Crippen LogP contribution in [0.5, 0.6) is 0 Å². The van der Waals surface area contributed by atoms with Gasteiger partial charge >= 0.3 is 22.6 Å². The van der Waals surface area contributed by atoms with Crippen LogP contribution in [0.4, 0.5) is 11.4 Å². The fourth-order valence-corrected chi connectivity index (χ4v) is 3.01. The van der Waals surface area contributed by atoms with Crippen LogP contribution < -0.4 is 11.3 Å². The standard InChI is InChI=1S/C19H8N2O9/c22-15(11-7-9-3-1-5-13(20(25)26)16(9)29-18(11)23)12-8-10-4-2-6-14(21(27)28)17(10)30-19(12)24/h1-8H. The topological polar surface area (TPSA) is 164 Å². The molecule has 0 amide bonds. The number of benzene rings is 2. The number of hydrogen-bond donors (Lipinski definition) is 0. The summed E-state index contributed by atoms with van der Waals surface area (Å²) in [4.78, 5) is 58.1. The molecule has 4 aromatic rings. The van der Waals surface area contributed by atoms with Gasteiger partial charge in [0.15, 0.2) is 0 Å². The van der Waals surface area contributed by atoms with Crippen molar-refractivity contribution in [3.05, 3.63) is 101 Å². The lowest BCUT2D eigenvalue weighted by Gasteiger charge is -2.03. The van der Waals surface area contributed by atoms with Gasteiger partial charge in [0, 0.05) is 22.9 Å². The summed E-state index contributed by atoms with van der Waals surface area (Å²) in [6.45, 7) is 0. The minimum atomic E-state index is -1.18. The van der Waals surface area contributed by atoms with Crippen molar-refractivity contribution in [3.63, 3.8) is 0 Å². The van der Waals surface area contributed by atoms with Crippen LogP contribution in [-0.2, 0) is 0 Å². The fraction of sp³-hybridized carbons (Fsp3) is 0. The molecule has 2 aromatic carbocycles. The first-order valence-corrected chi connectivity index (χ1v) is 8.25. The molecule has 11 nitrogen and oxygen atoms in total. The summed E-state index contributed by atoms with van der Waals surface area (Å²) < 4.78 is 9.93.